The number of benzene rings is 9. The summed E-state index contributed by atoms with van der Waals surface area (Å²) in [6, 6.07) is 71.5. The number of furan rings is 1. The van der Waals surface area contributed by atoms with Crippen molar-refractivity contribution in [1.29, 1.82) is 0 Å². The van der Waals surface area contributed by atoms with Crippen molar-refractivity contribution in [3.63, 3.8) is 0 Å². The minimum Gasteiger partial charge on any atom is -0.455 e. The highest BCUT2D eigenvalue weighted by Gasteiger charge is 2.24. The second-order valence-electron chi connectivity index (χ2n) is 13.3. The van der Waals surface area contributed by atoms with Gasteiger partial charge in [-0.1, -0.05) is 164 Å². The molecule has 0 aliphatic rings. The maximum Gasteiger partial charge on any atom is 0.143 e. The van der Waals surface area contributed by atoms with E-state index in [1.165, 1.54) is 43.8 Å². The summed E-state index contributed by atoms with van der Waals surface area (Å²) in [7, 11) is 0. The number of hydrogen-bond donors (Lipinski definition) is 0. The predicted molar refractivity (Wildman–Crippen MR) is 220 cm³/mol. The number of nitrogens with zero attached hydrogens (tertiary/aromatic N) is 1. The van der Waals surface area contributed by atoms with E-state index in [4.69, 9.17) is 4.42 Å². The Labute approximate surface area is 302 Å². The van der Waals surface area contributed by atoms with Gasteiger partial charge in [-0.25, -0.2) is 0 Å². The van der Waals surface area contributed by atoms with Crippen molar-refractivity contribution in [2.45, 2.75) is 0 Å². The third-order valence-electron chi connectivity index (χ3n) is 10.3. The van der Waals surface area contributed by atoms with Gasteiger partial charge in [0.15, 0.2) is 0 Å². The second kappa shape index (κ2) is 12.5. The molecule has 0 aliphatic carbocycles. The number of hydrogen-bond acceptors (Lipinski definition) is 2. The van der Waals surface area contributed by atoms with E-state index in [1.54, 1.807) is 0 Å². The van der Waals surface area contributed by atoms with E-state index in [0.29, 0.717) is 0 Å². The van der Waals surface area contributed by atoms with Gasteiger partial charge in [0.25, 0.3) is 0 Å². The molecule has 0 unspecified atom stereocenters. The van der Waals surface area contributed by atoms with Crippen LogP contribution in [0, 0.1) is 0 Å². The zero-order valence-corrected chi connectivity index (χ0v) is 28.4. The quantitative estimate of drug-likeness (QED) is 0.176. The van der Waals surface area contributed by atoms with Gasteiger partial charge in [0, 0.05) is 22.0 Å². The summed E-state index contributed by atoms with van der Waals surface area (Å²) in [6.07, 6.45) is 0. The topological polar surface area (TPSA) is 16.4 Å². The van der Waals surface area contributed by atoms with E-state index in [1.807, 2.05) is 0 Å². The molecule has 0 atom stereocenters. The molecule has 9 aromatic carbocycles. The highest BCUT2D eigenvalue weighted by atomic mass is 16.3. The number of rotatable bonds is 6. The monoisotopic (exact) mass is 663 g/mol. The number of fused-ring (bicyclic) bond motifs is 6. The molecule has 0 bridgehead atoms. The van der Waals surface area contributed by atoms with Crippen LogP contribution >= 0.6 is 0 Å². The van der Waals surface area contributed by atoms with Crippen molar-refractivity contribution in [3.8, 4) is 33.4 Å². The van der Waals surface area contributed by atoms with E-state index in [0.717, 1.165) is 50.1 Å². The van der Waals surface area contributed by atoms with Gasteiger partial charge in [0.1, 0.15) is 11.2 Å². The van der Waals surface area contributed by atoms with E-state index >= 15 is 0 Å². The highest BCUT2D eigenvalue weighted by Crippen LogP contribution is 2.49. The van der Waals surface area contributed by atoms with Crippen LogP contribution in [-0.4, -0.2) is 0 Å². The Bertz CT molecular complexity index is 2880. The lowest BCUT2D eigenvalue weighted by Gasteiger charge is -2.28. The predicted octanol–water partition coefficient (Wildman–Crippen LogP) is 14.4. The Morgan fingerprint density at radius 2 is 0.923 bits per heavy atom. The molecule has 1 heterocycles. The van der Waals surface area contributed by atoms with Crippen LogP contribution < -0.4 is 4.90 Å². The lowest BCUT2D eigenvalue weighted by molar-refractivity contribution is 0.670. The molecule has 1 aromatic heterocycles. The van der Waals surface area contributed by atoms with Gasteiger partial charge in [-0.05, 0) is 80.4 Å². The molecule has 2 nitrogen and oxygen atoms in total. The summed E-state index contributed by atoms with van der Waals surface area (Å²) < 4.78 is 7.04. The van der Waals surface area contributed by atoms with Crippen LogP contribution in [0.5, 0.6) is 0 Å². The summed E-state index contributed by atoms with van der Waals surface area (Å²) in [5, 5.41) is 6.93. The average Bonchev–Trinajstić information content (AvgIpc) is 3.63. The summed E-state index contributed by atoms with van der Waals surface area (Å²) >= 11 is 0. The van der Waals surface area contributed by atoms with Crippen molar-refractivity contribution >= 4 is 60.5 Å². The Hall–Kier alpha value is -6.90. The summed E-state index contributed by atoms with van der Waals surface area (Å²) in [5.41, 5.74) is 12.0. The molecule has 10 rings (SSSR count). The summed E-state index contributed by atoms with van der Waals surface area (Å²) in [5.74, 6) is 0. The third-order valence-corrected chi connectivity index (χ3v) is 10.3. The molecule has 0 amide bonds. The second-order valence-corrected chi connectivity index (χ2v) is 13.3. The van der Waals surface area contributed by atoms with Gasteiger partial charge in [-0.15, -0.1) is 0 Å². The van der Waals surface area contributed by atoms with Crippen LogP contribution in [-0.2, 0) is 0 Å². The molecule has 0 saturated carbocycles. The van der Waals surface area contributed by atoms with Gasteiger partial charge >= 0.3 is 0 Å². The van der Waals surface area contributed by atoms with Crippen LogP contribution in [0.15, 0.2) is 205 Å². The van der Waals surface area contributed by atoms with Crippen LogP contribution in [0.3, 0.4) is 0 Å². The molecule has 244 valence electrons. The first-order valence-electron chi connectivity index (χ1n) is 17.8. The van der Waals surface area contributed by atoms with Crippen molar-refractivity contribution < 1.29 is 4.42 Å². The van der Waals surface area contributed by atoms with Crippen molar-refractivity contribution in [2.24, 2.45) is 0 Å². The largest absolute Gasteiger partial charge is 0.455 e. The molecule has 10 aromatic rings. The van der Waals surface area contributed by atoms with Gasteiger partial charge < -0.3 is 9.32 Å². The zero-order valence-electron chi connectivity index (χ0n) is 28.4. The Morgan fingerprint density at radius 1 is 0.346 bits per heavy atom. The molecule has 0 N–H and O–H groups in total. The van der Waals surface area contributed by atoms with Crippen LogP contribution in [0.1, 0.15) is 0 Å². The molecule has 0 saturated heterocycles. The summed E-state index contributed by atoms with van der Waals surface area (Å²) in [6.45, 7) is 0. The fourth-order valence-electron chi connectivity index (χ4n) is 7.87. The van der Waals surface area contributed by atoms with E-state index in [2.05, 4.69) is 205 Å². The maximum atomic E-state index is 7.04. The van der Waals surface area contributed by atoms with Gasteiger partial charge in [-0.2, -0.15) is 0 Å². The normalized spacial score (nSPS) is 11.5. The third kappa shape index (κ3) is 4.96. The first-order valence-corrected chi connectivity index (χ1v) is 17.8. The number of anilines is 3. The average molecular weight is 664 g/mol. The fraction of sp³-hybridized carbons (Fsp3) is 0. The van der Waals surface area contributed by atoms with Crippen molar-refractivity contribution in [3.05, 3.63) is 200 Å². The summed E-state index contributed by atoms with van der Waals surface area (Å²) in [4.78, 5) is 2.41. The van der Waals surface area contributed by atoms with Crippen LogP contribution in [0.4, 0.5) is 17.1 Å². The maximum absolute atomic E-state index is 7.04. The Morgan fingerprint density at radius 3 is 1.71 bits per heavy atom. The van der Waals surface area contributed by atoms with E-state index in [9.17, 15) is 0 Å². The van der Waals surface area contributed by atoms with E-state index < -0.39 is 0 Å². The molecule has 52 heavy (non-hydrogen) atoms. The van der Waals surface area contributed by atoms with Crippen LogP contribution in [0.2, 0.25) is 0 Å². The van der Waals surface area contributed by atoms with E-state index in [-0.39, 0.29) is 0 Å². The first-order chi connectivity index (χ1) is 25.8. The fourth-order valence-corrected chi connectivity index (χ4v) is 7.87. The molecular formula is C50H33NO. The van der Waals surface area contributed by atoms with Gasteiger partial charge in [0.2, 0.25) is 0 Å². The molecule has 0 radical (unpaired) electrons. The Kier molecular flexibility index (Phi) is 7.18. The molecule has 0 fully saturated rings. The SMILES string of the molecule is c1ccc(-c2ccc(N(c3cccc4ccccc34)c3cccc4oc5c(-c6ccccc6-c6ccccc6)cc6ccccc6c5c34)cc2)cc1. The molecular weight excluding hydrogens is 631 g/mol. The minimum atomic E-state index is 0.855. The van der Waals surface area contributed by atoms with Crippen LogP contribution in [0.25, 0.3) is 76.9 Å². The highest BCUT2D eigenvalue weighted by molar-refractivity contribution is 6.26. The first kappa shape index (κ1) is 30.0. The smallest absolute Gasteiger partial charge is 0.143 e. The zero-order chi connectivity index (χ0) is 34.4. The van der Waals surface area contributed by atoms with Crippen molar-refractivity contribution in [1.82, 2.24) is 0 Å². The standard InChI is InChI=1S/C50H33NO/c1-3-15-34(16-4-1)35-29-31-39(32-30-35)51(45-26-13-21-37-19-7-9-23-41(37)45)46-27-14-28-47-49(46)48-42-24-10-8-20-38(42)33-44(50(48)52-47)43-25-12-11-22-40(43)36-17-5-2-6-18-36/h1-33H. The minimum absolute atomic E-state index is 0.855. The molecule has 0 aliphatic heterocycles. The molecule has 2 heteroatoms. The Balaban J connectivity index is 1.28. The lowest BCUT2D eigenvalue weighted by Crippen LogP contribution is -2.10. The molecule has 0 spiro atoms. The van der Waals surface area contributed by atoms with Crippen molar-refractivity contribution in [2.75, 3.05) is 4.90 Å². The van der Waals surface area contributed by atoms with Gasteiger partial charge in [-0.3, -0.25) is 0 Å². The van der Waals surface area contributed by atoms with Gasteiger partial charge in [0.05, 0.1) is 16.8 Å². The lowest BCUT2D eigenvalue weighted by atomic mass is 9.91.